The zero-order valence-electron chi connectivity index (χ0n) is 12.3. The zero-order chi connectivity index (χ0) is 14.7. The summed E-state index contributed by atoms with van der Waals surface area (Å²) in [5.74, 6) is -0.0962. The van der Waals surface area contributed by atoms with E-state index in [4.69, 9.17) is 4.74 Å². The van der Waals surface area contributed by atoms with Crippen molar-refractivity contribution in [2.45, 2.75) is 37.7 Å². The average Bonchev–Trinajstić information content (AvgIpc) is 2.87. The van der Waals surface area contributed by atoms with Crippen molar-refractivity contribution in [3.63, 3.8) is 0 Å². The maximum absolute atomic E-state index is 12.1. The molecule has 0 aromatic heterocycles. The van der Waals surface area contributed by atoms with Gasteiger partial charge in [0.05, 0.1) is 11.8 Å². The summed E-state index contributed by atoms with van der Waals surface area (Å²) in [6.07, 6.45) is 2.22. The first-order valence-corrected chi connectivity index (χ1v) is 7.58. The minimum absolute atomic E-state index is 0.0835. The summed E-state index contributed by atoms with van der Waals surface area (Å²) in [7, 11) is 0. The van der Waals surface area contributed by atoms with Crippen molar-refractivity contribution in [3.05, 3.63) is 71.8 Å². The standard InChI is InChI=1S/C19H20O2/c1-2-9-17-19(14-18(20)21-17,15-10-5-3-6-11-15)16-12-7-4-8-13-16/h3-8,10-13,17H,2,9,14H2,1H3. The molecular weight excluding hydrogens is 260 g/mol. The normalized spacial score (nSPS) is 20.2. The van der Waals surface area contributed by atoms with Crippen molar-refractivity contribution < 1.29 is 9.53 Å². The second-order valence-corrected chi connectivity index (χ2v) is 5.65. The zero-order valence-corrected chi connectivity index (χ0v) is 12.3. The van der Waals surface area contributed by atoms with Crippen LogP contribution in [0.2, 0.25) is 0 Å². The fourth-order valence-electron chi connectivity index (χ4n) is 3.42. The Morgan fingerprint density at radius 3 is 2.00 bits per heavy atom. The van der Waals surface area contributed by atoms with E-state index in [1.807, 2.05) is 36.4 Å². The molecule has 1 aliphatic heterocycles. The summed E-state index contributed by atoms with van der Waals surface area (Å²) < 4.78 is 5.69. The lowest BCUT2D eigenvalue weighted by Gasteiger charge is -2.34. The second-order valence-electron chi connectivity index (χ2n) is 5.65. The molecule has 3 rings (SSSR count). The Bertz CT molecular complexity index is 564. The van der Waals surface area contributed by atoms with Crippen LogP contribution in [0.1, 0.15) is 37.3 Å². The summed E-state index contributed by atoms with van der Waals surface area (Å²) in [5, 5.41) is 0. The van der Waals surface area contributed by atoms with Gasteiger partial charge < -0.3 is 4.74 Å². The van der Waals surface area contributed by atoms with Crippen LogP contribution in [-0.4, -0.2) is 12.1 Å². The van der Waals surface area contributed by atoms with Gasteiger partial charge >= 0.3 is 5.97 Å². The number of ether oxygens (including phenoxy) is 1. The summed E-state index contributed by atoms with van der Waals surface area (Å²) in [5.41, 5.74) is 1.98. The van der Waals surface area contributed by atoms with Crippen LogP contribution in [0.25, 0.3) is 0 Å². The number of benzene rings is 2. The summed E-state index contributed by atoms with van der Waals surface area (Å²) in [6.45, 7) is 2.13. The molecule has 1 fully saturated rings. The van der Waals surface area contributed by atoms with Gasteiger partial charge in [0.15, 0.2) is 0 Å². The van der Waals surface area contributed by atoms with Crippen molar-refractivity contribution in [1.29, 1.82) is 0 Å². The average molecular weight is 280 g/mol. The first-order valence-electron chi connectivity index (χ1n) is 7.58. The Hall–Kier alpha value is -2.09. The second kappa shape index (κ2) is 5.72. The van der Waals surface area contributed by atoms with Gasteiger partial charge in [-0.1, -0.05) is 74.0 Å². The maximum atomic E-state index is 12.1. The van der Waals surface area contributed by atoms with Crippen LogP contribution in [-0.2, 0) is 14.9 Å². The molecule has 2 nitrogen and oxygen atoms in total. The number of esters is 1. The van der Waals surface area contributed by atoms with Crippen molar-refractivity contribution in [2.24, 2.45) is 0 Å². The van der Waals surface area contributed by atoms with Crippen molar-refractivity contribution >= 4 is 5.97 Å². The van der Waals surface area contributed by atoms with E-state index in [2.05, 4.69) is 31.2 Å². The highest BCUT2D eigenvalue weighted by molar-refractivity contribution is 5.76. The largest absolute Gasteiger partial charge is 0.461 e. The van der Waals surface area contributed by atoms with Gasteiger partial charge in [-0.25, -0.2) is 0 Å². The molecule has 108 valence electrons. The van der Waals surface area contributed by atoms with Crippen LogP contribution in [0.3, 0.4) is 0 Å². The summed E-state index contributed by atoms with van der Waals surface area (Å²) in [6, 6.07) is 20.6. The van der Waals surface area contributed by atoms with E-state index in [-0.39, 0.29) is 17.5 Å². The number of carbonyl (C=O) groups excluding carboxylic acids is 1. The van der Waals surface area contributed by atoms with Gasteiger partial charge in [0.25, 0.3) is 0 Å². The van der Waals surface area contributed by atoms with Crippen LogP contribution in [0.15, 0.2) is 60.7 Å². The van der Waals surface area contributed by atoms with E-state index < -0.39 is 0 Å². The highest BCUT2D eigenvalue weighted by Gasteiger charge is 2.50. The van der Waals surface area contributed by atoms with Crippen molar-refractivity contribution in [1.82, 2.24) is 0 Å². The Morgan fingerprint density at radius 1 is 1.00 bits per heavy atom. The molecule has 0 N–H and O–H groups in total. The van der Waals surface area contributed by atoms with Crippen LogP contribution in [0.5, 0.6) is 0 Å². The van der Waals surface area contributed by atoms with Crippen LogP contribution >= 0.6 is 0 Å². The van der Waals surface area contributed by atoms with Crippen molar-refractivity contribution in [2.75, 3.05) is 0 Å². The summed E-state index contributed by atoms with van der Waals surface area (Å²) >= 11 is 0. The molecule has 0 bridgehead atoms. The molecule has 2 aromatic rings. The molecule has 1 atom stereocenters. The lowest BCUT2D eigenvalue weighted by atomic mass is 9.68. The maximum Gasteiger partial charge on any atom is 0.307 e. The highest BCUT2D eigenvalue weighted by Crippen LogP contribution is 2.46. The molecule has 2 heteroatoms. The minimum Gasteiger partial charge on any atom is -0.461 e. The molecule has 0 aliphatic carbocycles. The van der Waals surface area contributed by atoms with Gasteiger partial charge in [-0.15, -0.1) is 0 Å². The Morgan fingerprint density at radius 2 is 1.52 bits per heavy atom. The third-order valence-electron chi connectivity index (χ3n) is 4.38. The lowest BCUT2D eigenvalue weighted by molar-refractivity contribution is -0.141. The van der Waals surface area contributed by atoms with Gasteiger partial charge in [-0.2, -0.15) is 0 Å². The van der Waals surface area contributed by atoms with E-state index in [9.17, 15) is 4.79 Å². The van der Waals surface area contributed by atoms with E-state index in [0.717, 1.165) is 12.8 Å². The highest BCUT2D eigenvalue weighted by atomic mass is 16.6. The first-order chi connectivity index (χ1) is 10.3. The molecule has 21 heavy (non-hydrogen) atoms. The predicted molar refractivity (Wildman–Crippen MR) is 83.1 cm³/mol. The van der Waals surface area contributed by atoms with Gasteiger partial charge in [0, 0.05) is 0 Å². The molecular formula is C19H20O2. The van der Waals surface area contributed by atoms with E-state index >= 15 is 0 Å². The molecule has 0 saturated carbocycles. The molecule has 1 unspecified atom stereocenters. The number of rotatable bonds is 4. The molecule has 2 aromatic carbocycles. The molecule has 0 radical (unpaired) electrons. The number of hydrogen-bond donors (Lipinski definition) is 0. The molecule has 1 aliphatic rings. The number of carbonyl (C=O) groups is 1. The van der Waals surface area contributed by atoms with Crippen LogP contribution in [0, 0.1) is 0 Å². The minimum atomic E-state index is -0.352. The van der Waals surface area contributed by atoms with Gasteiger partial charge in [-0.05, 0) is 17.5 Å². The van der Waals surface area contributed by atoms with Crippen LogP contribution in [0.4, 0.5) is 0 Å². The molecule has 1 heterocycles. The van der Waals surface area contributed by atoms with Gasteiger partial charge in [0.2, 0.25) is 0 Å². The van der Waals surface area contributed by atoms with Crippen molar-refractivity contribution in [3.8, 4) is 0 Å². The molecule has 1 saturated heterocycles. The molecule has 0 amide bonds. The van der Waals surface area contributed by atoms with E-state index in [0.29, 0.717) is 6.42 Å². The van der Waals surface area contributed by atoms with Gasteiger partial charge in [0.1, 0.15) is 6.10 Å². The SMILES string of the molecule is CCCC1OC(=O)CC1(c1ccccc1)c1ccccc1. The topological polar surface area (TPSA) is 26.3 Å². The quantitative estimate of drug-likeness (QED) is 0.789. The number of hydrogen-bond acceptors (Lipinski definition) is 2. The smallest absolute Gasteiger partial charge is 0.307 e. The fourth-order valence-corrected chi connectivity index (χ4v) is 3.42. The lowest BCUT2D eigenvalue weighted by Crippen LogP contribution is -2.36. The molecule has 0 spiro atoms. The van der Waals surface area contributed by atoms with Gasteiger partial charge in [-0.3, -0.25) is 4.79 Å². The van der Waals surface area contributed by atoms with Crippen LogP contribution < -0.4 is 0 Å². The monoisotopic (exact) mass is 280 g/mol. The third kappa shape index (κ3) is 2.35. The van der Waals surface area contributed by atoms with E-state index in [1.54, 1.807) is 0 Å². The Labute approximate surface area is 125 Å². The Balaban J connectivity index is 2.18. The number of cyclic esters (lactones) is 1. The van der Waals surface area contributed by atoms with E-state index in [1.165, 1.54) is 11.1 Å². The Kier molecular flexibility index (Phi) is 3.78. The first kappa shape index (κ1) is 13.9. The third-order valence-corrected chi connectivity index (χ3v) is 4.38. The fraction of sp³-hybridized carbons (Fsp3) is 0.316. The predicted octanol–water partition coefficient (Wildman–Crippen LogP) is 4.09. The summed E-state index contributed by atoms with van der Waals surface area (Å²) in [4.78, 5) is 12.1.